The van der Waals surface area contributed by atoms with Crippen molar-refractivity contribution >= 4 is 16.7 Å². The maximum absolute atomic E-state index is 11.2. The van der Waals surface area contributed by atoms with Gasteiger partial charge < -0.3 is 5.11 Å². The number of carbonyl (C=O) groups is 1. The zero-order valence-corrected chi connectivity index (χ0v) is 20.5. The Morgan fingerprint density at radius 3 is 2.27 bits per heavy atom. The summed E-state index contributed by atoms with van der Waals surface area (Å²) in [6.07, 6.45) is 2.46. The number of nitrogens with zero attached hydrogens (tertiary/aromatic N) is 1. The molecule has 4 heteroatoms. The third-order valence-electron chi connectivity index (χ3n) is 4.14. The molecule has 0 aliphatic rings. The van der Waals surface area contributed by atoms with Crippen molar-refractivity contribution in [2.75, 3.05) is 0 Å². The van der Waals surface area contributed by atoms with E-state index in [1.165, 1.54) is 11.5 Å². The van der Waals surface area contributed by atoms with Crippen LogP contribution in [0, 0.1) is 17.9 Å². The second kappa shape index (κ2) is 13.1. The molecule has 30 heavy (non-hydrogen) atoms. The van der Waals surface area contributed by atoms with E-state index >= 15 is 0 Å². The number of benzene rings is 2. The summed E-state index contributed by atoms with van der Waals surface area (Å²) < 4.78 is 0. The van der Waals surface area contributed by atoms with Crippen LogP contribution in [0.3, 0.4) is 0 Å². The Labute approximate surface area is 193 Å². The van der Waals surface area contributed by atoms with Crippen LogP contribution in [0.25, 0.3) is 22.2 Å². The molecule has 1 heterocycles. The molecule has 0 fully saturated rings. The predicted molar refractivity (Wildman–Crippen MR) is 121 cm³/mol. The fourth-order valence-corrected chi connectivity index (χ4v) is 2.89. The zero-order valence-electron chi connectivity index (χ0n) is 18.1. The standard InChI is InChI=1S/C15H10N.C11H20O2.Ir/c1-2-6-12(7-3-1)15-11-10-13-8-4-5-9-14(13)16-15;1-8(2)5-10(12)7-11(13)6-9(3)4;/h1-6,8-11H;7-9,12H,5-6H2,1-4H3;/q-1;;/b;10-7-;. The van der Waals surface area contributed by atoms with Gasteiger partial charge >= 0.3 is 0 Å². The number of allylic oxidation sites excluding steroid dienone is 2. The van der Waals surface area contributed by atoms with Gasteiger partial charge in [-0.2, -0.15) is 0 Å². The van der Waals surface area contributed by atoms with E-state index in [-0.39, 0.29) is 31.6 Å². The van der Waals surface area contributed by atoms with Crippen LogP contribution in [-0.4, -0.2) is 15.9 Å². The van der Waals surface area contributed by atoms with Gasteiger partial charge in [0.2, 0.25) is 0 Å². The van der Waals surface area contributed by atoms with Gasteiger partial charge in [-0.1, -0.05) is 58.0 Å². The first-order chi connectivity index (χ1) is 13.8. The number of pyridine rings is 1. The molecule has 161 valence electrons. The number of aromatic nitrogens is 1. The van der Waals surface area contributed by atoms with Gasteiger partial charge in [0, 0.05) is 39.0 Å². The van der Waals surface area contributed by atoms with Crippen molar-refractivity contribution in [1.29, 1.82) is 0 Å². The molecular weight excluding hydrogens is 551 g/mol. The number of rotatable bonds is 6. The smallest absolute Gasteiger partial charge is 0.159 e. The quantitative estimate of drug-likeness (QED) is 0.199. The summed E-state index contributed by atoms with van der Waals surface area (Å²) in [7, 11) is 0. The van der Waals surface area contributed by atoms with E-state index in [1.54, 1.807) is 0 Å². The topological polar surface area (TPSA) is 50.2 Å². The monoisotopic (exact) mass is 581 g/mol. The first kappa shape index (κ1) is 25.7. The third-order valence-corrected chi connectivity index (χ3v) is 4.14. The first-order valence-corrected chi connectivity index (χ1v) is 10.1. The predicted octanol–water partition coefficient (Wildman–Crippen LogP) is 6.79. The largest absolute Gasteiger partial charge is 0.512 e. The van der Waals surface area contributed by atoms with Gasteiger partial charge in [0.1, 0.15) is 0 Å². The van der Waals surface area contributed by atoms with Gasteiger partial charge in [0.05, 0.1) is 11.3 Å². The summed E-state index contributed by atoms with van der Waals surface area (Å²) in [6.45, 7) is 8.00. The summed E-state index contributed by atoms with van der Waals surface area (Å²) in [5.41, 5.74) is 3.03. The van der Waals surface area contributed by atoms with Crippen molar-refractivity contribution < 1.29 is 30.0 Å². The van der Waals surface area contributed by atoms with Gasteiger partial charge in [0.15, 0.2) is 5.78 Å². The summed E-state index contributed by atoms with van der Waals surface area (Å²) >= 11 is 0. The summed E-state index contributed by atoms with van der Waals surface area (Å²) in [6, 6.07) is 23.4. The van der Waals surface area contributed by atoms with Gasteiger partial charge in [-0.05, 0) is 29.0 Å². The Morgan fingerprint density at radius 1 is 0.967 bits per heavy atom. The number of carbonyl (C=O) groups excluding carboxylic acids is 1. The number of hydrogen-bond acceptors (Lipinski definition) is 3. The van der Waals surface area contributed by atoms with E-state index in [2.05, 4.69) is 23.2 Å². The van der Waals surface area contributed by atoms with Crippen LogP contribution in [-0.2, 0) is 24.9 Å². The molecule has 3 rings (SSSR count). The molecule has 0 spiro atoms. The van der Waals surface area contributed by atoms with E-state index in [0.29, 0.717) is 24.7 Å². The normalized spacial score (nSPS) is 11.1. The van der Waals surface area contributed by atoms with E-state index in [0.717, 1.165) is 16.8 Å². The average molecular weight is 581 g/mol. The van der Waals surface area contributed by atoms with E-state index in [9.17, 15) is 9.90 Å². The van der Waals surface area contributed by atoms with Crippen LogP contribution in [0.4, 0.5) is 0 Å². The minimum atomic E-state index is 0. The SMILES string of the molecule is CC(C)CC(=O)/C=C(\O)CC(C)C.[Ir].[c-]1ccccc1-c1ccc2ccccc2n1. The summed E-state index contributed by atoms with van der Waals surface area (Å²) in [4.78, 5) is 15.8. The fraction of sp³-hybridized carbons (Fsp3) is 0.308. The molecule has 0 unspecified atom stereocenters. The number of para-hydroxylation sites is 1. The van der Waals surface area contributed by atoms with Crippen molar-refractivity contribution in [3.05, 3.63) is 78.6 Å². The Balaban J connectivity index is 0.000000299. The minimum Gasteiger partial charge on any atom is -0.512 e. The molecule has 0 saturated carbocycles. The van der Waals surface area contributed by atoms with Crippen molar-refractivity contribution in [1.82, 2.24) is 4.98 Å². The molecule has 3 aromatic rings. The molecule has 1 aromatic heterocycles. The number of ketones is 1. The second-order valence-corrected chi connectivity index (χ2v) is 7.96. The molecule has 0 aliphatic heterocycles. The van der Waals surface area contributed by atoms with Gasteiger partial charge in [-0.3, -0.25) is 9.78 Å². The third kappa shape index (κ3) is 9.02. The van der Waals surface area contributed by atoms with Crippen LogP contribution in [0.15, 0.2) is 72.5 Å². The molecule has 1 radical (unpaired) electrons. The van der Waals surface area contributed by atoms with Crippen molar-refractivity contribution in [2.45, 2.75) is 40.5 Å². The van der Waals surface area contributed by atoms with Crippen LogP contribution in [0.1, 0.15) is 40.5 Å². The number of fused-ring (bicyclic) bond motifs is 1. The van der Waals surface area contributed by atoms with Crippen LogP contribution < -0.4 is 0 Å². The van der Waals surface area contributed by atoms with Crippen LogP contribution >= 0.6 is 0 Å². The van der Waals surface area contributed by atoms with E-state index < -0.39 is 0 Å². The summed E-state index contributed by atoms with van der Waals surface area (Å²) in [5.74, 6) is 0.979. The molecule has 0 saturated heterocycles. The average Bonchev–Trinajstić information content (AvgIpc) is 2.67. The number of aliphatic hydroxyl groups excluding tert-OH is 1. The van der Waals surface area contributed by atoms with E-state index in [1.807, 2.05) is 76.2 Å². The summed E-state index contributed by atoms with van der Waals surface area (Å²) in [5, 5.41) is 10.5. The van der Waals surface area contributed by atoms with Crippen molar-refractivity contribution in [2.24, 2.45) is 11.8 Å². The van der Waals surface area contributed by atoms with Crippen molar-refractivity contribution in [3.63, 3.8) is 0 Å². The first-order valence-electron chi connectivity index (χ1n) is 10.1. The van der Waals surface area contributed by atoms with Crippen LogP contribution in [0.5, 0.6) is 0 Å². The minimum absolute atomic E-state index is 0. The number of hydrogen-bond donors (Lipinski definition) is 1. The Kier molecular flexibility index (Phi) is 11.2. The molecule has 2 aromatic carbocycles. The molecular formula is C26H30IrNO2-. The Morgan fingerprint density at radius 2 is 1.63 bits per heavy atom. The second-order valence-electron chi connectivity index (χ2n) is 7.96. The zero-order chi connectivity index (χ0) is 21.2. The van der Waals surface area contributed by atoms with E-state index in [4.69, 9.17) is 0 Å². The maximum atomic E-state index is 11.2. The molecule has 0 aliphatic carbocycles. The van der Waals surface area contributed by atoms with Gasteiger partial charge in [-0.15, -0.1) is 35.9 Å². The maximum Gasteiger partial charge on any atom is 0.159 e. The molecule has 1 N–H and O–H groups in total. The molecule has 3 nitrogen and oxygen atoms in total. The van der Waals surface area contributed by atoms with Crippen LogP contribution in [0.2, 0.25) is 0 Å². The number of aliphatic hydroxyl groups is 1. The van der Waals surface area contributed by atoms with Gasteiger partial charge in [0.25, 0.3) is 0 Å². The van der Waals surface area contributed by atoms with Gasteiger partial charge in [-0.25, -0.2) is 0 Å². The molecule has 0 bridgehead atoms. The Bertz CT molecular complexity index is 949. The molecule has 0 amide bonds. The van der Waals surface area contributed by atoms with Crippen molar-refractivity contribution in [3.8, 4) is 11.3 Å². The Hall–Kier alpha value is -2.29. The molecule has 0 atom stereocenters. The fourth-order valence-electron chi connectivity index (χ4n) is 2.89.